The molecule has 2 N–H and O–H groups in total. The lowest BCUT2D eigenvalue weighted by Crippen LogP contribution is -2.43. The van der Waals surface area contributed by atoms with E-state index in [0.717, 1.165) is 37.9 Å². The molecule has 1 saturated heterocycles. The van der Waals surface area contributed by atoms with Crippen LogP contribution in [0.2, 0.25) is 0 Å². The van der Waals surface area contributed by atoms with E-state index in [1.165, 1.54) is 0 Å². The highest BCUT2D eigenvalue weighted by Gasteiger charge is 2.22. The van der Waals surface area contributed by atoms with Crippen molar-refractivity contribution in [1.82, 2.24) is 19.0 Å². The molecule has 0 unspecified atom stereocenters. The Morgan fingerprint density at radius 3 is 2.78 bits per heavy atom. The second kappa shape index (κ2) is 6.31. The van der Waals surface area contributed by atoms with Gasteiger partial charge in [0.05, 0.1) is 0 Å². The second-order valence-electron chi connectivity index (χ2n) is 4.50. The van der Waals surface area contributed by atoms with E-state index in [2.05, 4.69) is 14.7 Å². The number of aromatic nitrogens is 2. The number of nitrogens with one attached hydrogen (secondary N) is 2. The molecular formula is C11H20N4O2S. The standard InChI is InChI=1S/C11H20N4O2S/c16-18(17,15-9-2-1-3-10-15)14-6-4-5-11-12-7-8-13-11/h7-8,14H,1-6,9-10H2,(H,12,13). The fraction of sp³-hybridized carbons (Fsp3) is 0.727. The zero-order chi connectivity index (χ0) is 12.8. The van der Waals surface area contributed by atoms with E-state index >= 15 is 0 Å². The maximum absolute atomic E-state index is 11.9. The van der Waals surface area contributed by atoms with Crippen molar-refractivity contribution < 1.29 is 8.42 Å². The Hall–Kier alpha value is -0.920. The lowest BCUT2D eigenvalue weighted by molar-refractivity contribution is 0.341. The number of hydrogen-bond donors (Lipinski definition) is 2. The Kier molecular flexibility index (Phi) is 4.73. The summed E-state index contributed by atoms with van der Waals surface area (Å²) in [7, 11) is -3.27. The van der Waals surface area contributed by atoms with Crippen LogP contribution in [0.3, 0.4) is 0 Å². The molecule has 0 spiro atoms. The minimum atomic E-state index is -3.27. The number of hydrogen-bond acceptors (Lipinski definition) is 3. The highest BCUT2D eigenvalue weighted by Crippen LogP contribution is 2.11. The molecule has 0 atom stereocenters. The predicted molar refractivity (Wildman–Crippen MR) is 69.3 cm³/mol. The molecule has 7 heteroatoms. The smallest absolute Gasteiger partial charge is 0.279 e. The summed E-state index contributed by atoms with van der Waals surface area (Å²) in [6.07, 6.45) is 8.04. The third kappa shape index (κ3) is 3.79. The third-order valence-corrected chi connectivity index (χ3v) is 4.70. The zero-order valence-electron chi connectivity index (χ0n) is 10.4. The van der Waals surface area contributed by atoms with E-state index < -0.39 is 10.2 Å². The lowest BCUT2D eigenvalue weighted by atomic mass is 10.2. The maximum Gasteiger partial charge on any atom is 0.279 e. The van der Waals surface area contributed by atoms with Crippen molar-refractivity contribution in [3.8, 4) is 0 Å². The van der Waals surface area contributed by atoms with Crippen LogP contribution < -0.4 is 4.72 Å². The molecule has 0 aliphatic carbocycles. The number of imidazole rings is 1. The summed E-state index contributed by atoms with van der Waals surface area (Å²) in [4.78, 5) is 7.10. The van der Waals surface area contributed by atoms with Gasteiger partial charge in [-0.25, -0.2) is 9.71 Å². The SMILES string of the molecule is O=S(=O)(NCCCc1ncc[nH]1)N1CCCCC1. The average molecular weight is 272 g/mol. The first-order valence-corrected chi connectivity index (χ1v) is 7.85. The van der Waals surface area contributed by atoms with Crippen LogP contribution in [0, 0.1) is 0 Å². The summed E-state index contributed by atoms with van der Waals surface area (Å²) in [5, 5.41) is 0. The molecular weight excluding hydrogens is 252 g/mol. The minimum absolute atomic E-state index is 0.458. The van der Waals surface area contributed by atoms with E-state index in [1.807, 2.05) is 0 Å². The van der Waals surface area contributed by atoms with E-state index in [9.17, 15) is 8.42 Å². The average Bonchev–Trinajstić information content (AvgIpc) is 2.89. The molecule has 0 radical (unpaired) electrons. The molecule has 102 valence electrons. The van der Waals surface area contributed by atoms with Gasteiger partial charge in [-0.05, 0) is 19.3 Å². The fourth-order valence-corrected chi connectivity index (χ4v) is 3.41. The maximum atomic E-state index is 11.9. The molecule has 1 aliphatic heterocycles. The Bertz CT molecular complexity index is 438. The van der Waals surface area contributed by atoms with Gasteiger partial charge in [-0.15, -0.1) is 0 Å². The number of nitrogens with zero attached hydrogens (tertiary/aromatic N) is 2. The van der Waals surface area contributed by atoms with E-state index in [1.54, 1.807) is 16.7 Å². The van der Waals surface area contributed by atoms with Crippen molar-refractivity contribution >= 4 is 10.2 Å². The first-order chi connectivity index (χ1) is 8.68. The van der Waals surface area contributed by atoms with Crippen LogP contribution in [0.1, 0.15) is 31.5 Å². The molecule has 1 aromatic rings. The van der Waals surface area contributed by atoms with Crippen LogP contribution in [0.5, 0.6) is 0 Å². The largest absolute Gasteiger partial charge is 0.349 e. The number of aryl methyl sites for hydroxylation is 1. The molecule has 1 aliphatic rings. The summed E-state index contributed by atoms with van der Waals surface area (Å²) in [5.41, 5.74) is 0. The van der Waals surface area contributed by atoms with Gasteiger partial charge < -0.3 is 4.98 Å². The predicted octanol–water partition coefficient (Wildman–Crippen LogP) is 0.663. The van der Waals surface area contributed by atoms with Gasteiger partial charge >= 0.3 is 0 Å². The normalized spacial score (nSPS) is 18.0. The Balaban J connectivity index is 1.71. The number of rotatable bonds is 6. The molecule has 0 bridgehead atoms. The molecule has 18 heavy (non-hydrogen) atoms. The minimum Gasteiger partial charge on any atom is -0.349 e. The fourth-order valence-electron chi connectivity index (χ4n) is 2.09. The molecule has 0 saturated carbocycles. The Morgan fingerprint density at radius 1 is 1.33 bits per heavy atom. The number of H-pyrrole nitrogens is 1. The summed E-state index contributed by atoms with van der Waals surface area (Å²) in [6.45, 7) is 1.75. The van der Waals surface area contributed by atoms with Gasteiger partial charge in [0.25, 0.3) is 10.2 Å². The van der Waals surface area contributed by atoms with Crippen molar-refractivity contribution in [2.45, 2.75) is 32.1 Å². The highest BCUT2D eigenvalue weighted by atomic mass is 32.2. The molecule has 1 aromatic heterocycles. The van der Waals surface area contributed by atoms with Gasteiger partial charge in [0, 0.05) is 38.4 Å². The third-order valence-electron chi connectivity index (χ3n) is 3.08. The van der Waals surface area contributed by atoms with Crippen molar-refractivity contribution in [3.05, 3.63) is 18.2 Å². The first-order valence-electron chi connectivity index (χ1n) is 6.41. The second-order valence-corrected chi connectivity index (χ2v) is 6.25. The van der Waals surface area contributed by atoms with E-state index in [0.29, 0.717) is 19.6 Å². The van der Waals surface area contributed by atoms with E-state index in [-0.39, 0.29) is 0 Å². The van der Waals surface area contributed by atoms with Crippen LogP contribution in [-0.2, 0) is 16.6 Å². The van der Waals surface area contributed by atoms with Gasteiger partial charge in [0.1, 0.15) is 5.82 Å². The van der Waals surface area contributed by atoms with Crippen LogP contribution >= 0.6 is 0 Å². The molecule has 2 rings (SSSR count). The summed E-state index contributed by atoms with van der Waals surface area (Å²) >= 11 is 0. The topological polar surface area (TPSA) is 78.1 Å². The molecule has 6 nitrogen and oxygen atoms in total. The van der Waals surface area contributed by atoms with Gasteiger partial charge in [0.2, 0.25) is 0 Å². The summed E-state index contributed by atoms with van der Waals surface area (Å²) < 4.78 is 28.1. The monoisotopic (exact) mass is 272 g/mol. The van der Waals surface area contributed by atoms with Crippen LogP contribution in [0.25, 0.3) is 0 Å². The number of aromatic amines is 1. The van der Waals surface area contributed by atoms with E-state index in [4.69, 9.17) is 0 Å². The van der Waals surface area contributed by atoms with Crippen LogP contribution in [-0.4, -0.2) is 42.3 Å². The number of piperidine rings is 1. The van der Waals surface area contributed by atoms with Gasteiger partial charge in [-0.2, -0.15) is 12.7 Å². The lowest BCUT2D eigenvalue weighted by Gasteiger charge is -2.25. The van der Waals surface area contributed by atoms with Crippen LogP contribution in [0.15, 0.2) is 12.4 Å². The quantitative estimate of drug-likeness (QED) is 0.747. The van der Waals surface area contributed by atoms with Gasteiger partial charge in [-0.1, -0.05) is 6.42 Å². The molecule has 1 fully saturated rings. The van der Waals surface area contributed by atoms with Crippen molar-refractivity contribution in [3.63, 3.8) is 0 Å². The summed E-state index contributed by atoms with van der Waals surface area (Å²) in [5.74, 6) is 0.896. The van der Waals surface area contributed by atoms with Gasteiger partial charge in [0.15, 0.2) is 0 Å². The van der Waals surface area contributed by atoms with Crippen molar-refractivity contribution in [1.29, 1.82) is 0 Å². The zero-order valence-corrected chi connectivity index (χ0v) is 11.2. The van der Waals surface area contributed by atoms with Crippen molar-refractivity contribution in [2.75, 3.05) is 19.6 Å². The van der Waals surface area contributed by atoms with Gasteiger partial charge in [-0.3, -0.25) is 0 Å². The molecule has 0 amide bonds. The summed E-state index contributed by atoms with van der Waals surface area (Å²) in [6, 6.07) is 0. The Labute approximate surface area is 108 Å². The Morgan fingerprint density at radius 2 is 2.11 bits per heavy atom. The molecule has 2 heterocycles. The van der Waals surface area contributed by atoms with Crippen LogP contribution in [0.4, 0.5) is 0 Å². The highest BCUT2D eigenvalue weighted by molar-refractivity contribution is 7.87. The van der Waals surface area contributed by atoms with Crippen molar-refractivity contribution in [2.24, 2.45) is 0 Å². The first kappa shape index (κ1) is 13.5. The molecule has 0 aromatic carbocycles.